The molecule has 1 atom stereocenters. The summed E-state index contributed by atoms with van der Waals surface area (Å²) < 4.78 is 6.09. The smallest absolute Gasteiger partial charge is 0.223 e. The Morgan fingerprint density at radius 2 is 1.95 bits per heavy atom. The van der Waals surface area contributed by atoms with E-state index >= 15 is 0 Å². The van der Waals surface area contributed by atoms with Crippen LogP contribution in [0.3, 0.4) is 0 Å². The van der Waals surface area contributed by atoms with Crippen LogP contribution in [0.15, 0.2) is 45.5 Å². The summed E-state index contributed by atoms with van der Waals surface area (Å²) in [6.45, 7) is 2.51. The first-order valence-corrected chi connectivity index (χ1v) is 7.58. The molecule has 1 aromatic carbocycles. The molecule has 2 rings (SSSR count). The van der Waals surface area contributed by atoms with E-state index in [1.807, 2.05) is 43.3 Å². The Labute approximate surface area is 133 Å². The summed E-state index contributed by atoms with van der Waals surface area (Å²) in [6, 6.07) is 11.3. The maximum atomic E-state index is 12.3. The molecule has 5 heteroatoms. The lowest BCUT2D eigenvalue weighted by Crippen LogP contribution is -2.27. The molecule has 0 bridgehead atoms. The zero-order valence-corrected chi connectivity index (χ0v) is 13.8. The van der Waals surface area contributed by atoms with Gasteiger partial charge in [-0.1, -0.05) is 19.1 Å². The van der Waals surface area contributed by atoms with Gasteiger partial charge in [-0.2, -0.15) is 0 Å². The van der Waals surface area contributed by atoms with Crippen LogP contribution in [-0.2, 0) is 11.3 Å². The van der Waals surface area contributed by atoms with Crippen molar-refractivity contribution < 1.29 is 9.21 Å². The number of hydrogen-bond acceptors (Lipinski definition) is 3. The number of furan rings is 1. The molecule has 0 fully saturated rings. The van der Waals surface area contributed by atoms with Crippen molar-refractivity contribution in [2.75, 3.05) is 12.8 Å². The van der Waals surface area contributed by atoms with Crippen LogP contribution in [0.4, 0.5) is 5.69 Å². The summed E-state index contributed by atoms with van der Waals surface area (Å²) in [5.74, 6) is 1.01. The number of rotatable bonds is 5. The van der Waals surface area contributed by atoms with Crippen LogP contribution in [-0.4, -0.2) is 17.9 Å². The number of halogens is 1. The molecule has 21 heavy (non-hydrogen) atoms. The largest absolute Gasteiger partial charge is 0.452 e. The van der Waals surface area contributed by atoms with Gasteiger partial charge in [0.15, 0.2) is 4.67 Å². The van der Waals surface area contributed by atoms with Crippen LogP contribution in [0, 0.1) is 0 Å². The van der Waals surface area contributed by atoms with Gasteiger partial charge in [0, 0.05) is 19.2 Å². The molecule has 1 heterocycles. The molecule has 112 valence electrons. The summed E-state index contributed by atoms with van der Waals surface area (Å²) in [5.41, 5.74) is 7.53. The molecular formula is C16H19BrN2O2. The average molecular weight is 351 g/mol. The van der Waals surface area contributed by atoms with Crippen molar-refractivity contribution in [3.05, 3.63) is 52.4 Å². The van der Waals surface area contributed by atoms with Gasteiger partial charge in [-0.3, -0.25) is 4.79 Å². The van der Waals surface area contributed by atoms with Gasteiger partial charge in [0.25, 0.3) is 0 Å². The molecule has 0 saturated carbocycles. The van der Waals surface area contributed by atoms with E-state index in [-0.39, 0.29) is 11.8 Å². The van der Waals surface area contributed by atoms with Crippen LogP contribution in [0.1, 0.15) is 30.6 Å². The van der Waals surface area contributed by atoms with Crippen molar-refractivity contribution in [3.63, 3.8) is 0 Å². The van der Waals surface area contributed by atoms with Crippen molar-refractivity contribution in [3.8, 4) is 0 Å². The van der Waals surface area contributed by atoms with Crippen molar-refractivity contribution in [1.82, 2.24) is 4.90 Å². The van der Waals surface area contributed by atoms with E-state index in [1.165, 1.54) is 0 Å². The highest BCUT2D eigenvalue weighted by molar-refractivity contribution is 9.10. The number of amides is 1. The molecule has 0 aliphatic carbocycles. The van der Waals surface area contributed by atoms with E-state index < -0.39 is 0 Å². The fourth-order valence-corrected chi connectivity index (χ4v) is 2.46. The standard InChI is InChI=1S/C16H19BrN2O2/c1-11(12-3-5-13(18)6-4-12)9-16(20)19(2)10-14-7-8-15(17)21-14/h3-8,11H,9-10,18H2,1-2H3. The molecule has 1 aromatic heterocycles. The normalized spacial score (nSPS) is 12.1. The molecule has 1 unspecified atom stereocenters. The number of benzene rings is 1. The van der Waals surface area contributed by atoms with Gasteiger partial charge < -0.3 is 15.1 Å². The minimum atomic E-state index is 0.0897. The molecule has 0 aliphatic rings. The highest BCUT2D eigenvalue weighted by Crippen LogP contribution is 2.22. The molecule has 0 radical (unpaired) electrons. The average Bonchev–Trinajstić information content (AvgIpc) is 2.84. The van der Waals surface area contributed by atoms with E-state index in [4.69, 9.17) is 10.2 Å². The van der Waals surface area contributed by atoms with Crippen LogP contribution in [0.25, 0.3) is 0 Å². The van der Waals surface area contributed by atoms with Crippen LogP contribution < -0.4 is 5.73 Å². The van der Waals surface area contributed by atoms with Gasteiger partial charge in [0.1, 0.15) is 5.76 Å². The maximum Gasteiger partial charge on any atom is 0.223 e. The van der Waals surface area contributed by atoms with Crippen LogP contribution >= 0.6 is 15.9 Å². The zero-order chi connectivity index (χ0) is 15.4. The number of anilines is 1. The fourth-order valence-electron chi connectivity index (χ4n) is 2.12. The molecule has 0 saturated heterocycles. The van der Waals surface area contributed by atoms with Gasteiger partial charge in [-0.25, -0.2) is 0 Å². The second-order valence-electron chi connectivity index (χ2n) is 5.23. The molecule has 0 aliphatic heterocycles. The van der Waals surface area contributed by atoms with Gasteiger partial charge >= 0.3 is 0 Å². The van der Waals surface area contributed by atoms with Crippen LogP contribution in [0.5, 0.6) is 0 Å². The summed E-state index contributed by atoms with van der Waals surface area (Å²) in [5, 5.41) is 0. The quantitative estimate of drug-likeness (QED) is 0.834. The van der Waals surface area contributed by atoms with Gasteiger partial charge in [0.2, 0.25) is 5.91 Å². The number of nitrogens with zero attached hydrogens (tertiary/aromatic N) is 1. The van der Waals surface area contributed by atoms with Gasteiger partial charge in [-0.15, -0.1) is 0 Å². The summed E-state index contributed by atoms with van der Waals surface area (Å²) in [7, 11) is 1.79. The second-order valence-corrected chi connectivity index (χ2v) is 6.01. The highest BCUT2D eigenvalue weighted by atomic mass is 79.9. The Morgan fingerprint density at radius 1 is 1.29 bits per heavy atom. The van der Waals surface area contributed by atoms with Gasteiger partial charge in [-0.05, 0) is 51.7 Å². The lowest BCUT2D eigenvalue weighted by Gasteiger charge is -2.19. The maximum absolute atomic E-state index is 12.3. The van der Waals surface area contributed by atoms with Crippen LogP contribution in [0.2, 0.25) is 0 Å². The Hall–Kier alpha value is -1.75. The molecule has 4 nitrogen and oxygen atoms in total. The first kappa shape index (κ1) is 15.6. The zero-order valence-electron chi connectivity index (χ0n) is 12.2. The van der Waals surface area contributed by atoms with E-state index in [0.717, 1.165) is 17.0 Å². The minimum absolute atomic E-state index is 0.0897. The Balaban J connectivity index is 1.92. The first-order chi connectivity index (χ1) is 9.95. The third-order valence-corrected chi connectivity index (χ3v) is 3.86. The molecule has 2 aromatic rings. The molecular weight excluding hydrogens is 332 g/mol. The molecule has 1 amide bonds. The van der Waals surface area contributed by atoms with E-state index in [9.17, 15) is 4.79 Å². The number of nitrogens with two attached hydrogens (primary N) is 1. The summed E-state index contributed by atoms with van der Waals surface area (Å²) >= 11 is 3.26. The third-order valence-electron chi connectivity index (χ3n) is 3.43. The minimum Gasteiger partial charge on any atom is -0.452 e. The fraction of sp³-hybridized carbons (Fsp3) is 0.312. The topological polar surface area (TPSA) is 59.5 Å². The second kappa shape index (κ2) is 6.80. The number of hydrogen-bond donors (Lipinski definition) is 1. The SMILES string of the molecule is CC(CC(=O)N(C)Cc1ccc(Br)o1)c1ccc(N)cc1. The van der Waals surface area contributed by atoms with E-state index in [1.54, 1.807) is 11.9 Å². The predicted octanol–water partition coefficient (Wildman–Crippen LogP) is 3.78. The molecule has 0 spiro atoms. The lowest BCUT2D eigenvalue weighted by atomic mass is 9.97. The Bertz CT molecular complexity index is 607. The Morgan fingerprint density at radius 3 is 2.52 bits per heavy atom. The third kappa shape index (κ3) is 4.36. The first-order valence-electron chi connectivity index (χ1n) is 6.79. The summed E-state index contributed by atoms with van der Waals surface area (Å²) in [6.07, 6.45) is 0.461. The monoisotopic (exact) mass is 350 g/mol. The van der Waals surface area contributed by atoms with E-state index in [2.05, 4.69) is 15.9 Å². The van der Waals surface area contributed by atoms with Crippen molar-refractivity contribution in [1.29, 1.82) is 0 Å². The number of nitrogen functional groups attached to an aromatic ring is 1. The highest BCUT2D eigenvalue weighted by Gasteiger charge is 2.16. The number of carbonyl (C=O) groups is 1. The molecule has 2 N–H and O–H groups in total. The summed E-state index contributed by atoms with van der Waals surface area (Å²) in [4.78, 5) is 13.9. The van der Waals surface area contributed by atoms with Crippen molar-refractivity contribution in [2.45, 2.75) is 25.8 Å². The number of carbonyl (C=O) groups excluding carboxylic acids is 1. The predicted molar refractivity (Wildman–Crippen MR) is 86.8 cm³/mol. The van der Waals surface area contributed by atoms with Gasteiger partial charge in [0.05, 0.1) is 6.54 Å². The van der Waals surface area contributed by atoms with E-state index in [0.29, 0.717) is 17.6 Å². The van der Waals surface area contributed by atoms with Crippen molar-refractivity contribution >= 4 is 27.5 Å². The van der Waals surface area contributed by atoms with Crippen molar-refractivity contribution in [2.24, 2.45) is 0 Å². The Kier molecular flexibility index (Phi) is 5.07. The lowest BCUT2D eigenvalue weighted by molar-refractivity contribution is -0.131.